The van der Waals surface area contributed by atoms with Gasteiger partial charge in [0.1, 0.15) is 0 Å². The second-order valence-corrected chi connectivity index (χ2v) is 9.59. The van der Waals surface area contributed by atoms with Crippen LogP contribution < -0.4 is 10.0 Å². The molecule has 0 aliphatic carbocycles. The lowest BCUT2D eigenvalue weighted by molar-refractivity contribution is 0.432. The molecule has 1 aromatic rings. The number of sulfonamides is 2. The van der Waals surface area contributed by atoms with Crippen LogP contribution >= 0.6 is 12.4 Å². The Balaban J connectivity index is 0.00000312. The molecule has 25 heavy (non-hydrogen) atoms. The molecule has 1 aliphatic heterocycles. The highest BCUT2D eigenvalue weighted by Crippen LogP contribution is 2.20. The van der Waals surface area contributed by atoms with Crippen molar-refractivity contribution >= 4 is 38.1 Å². The third-order valence-electron chi connectivity index (χ3n) is 3.83. The lowest BCUT2D eigenvalue weighted by atomic mass is 10.3. The van der Waals surface area contributed by atoms with Crippen molar-refractivity contribution in [2.24, 2.45) is 0 Å². The maximum atomic E-state index is 12.6. The van der Waals surface area contributed by atoms with E-state index in [4.69, 9.17) is 0 Å². The first-order valence-corrected chi connectivity index (χ1v) is 11.3. The molecule has 1 heterocycles. The number of hydrogen-bond donors (Lipinski definition) is 2. The van der Waals surface area contributed by atoms with Crippen molar-refractivity contribution in [1.82, 2.24) is 9.62 Å². The molecule has 1 fully saturated rings. The van der Waals surface area contributed by atoms with Crippen LogP contribution in [0.15, 0.2) is 29.2 Å². The number of nitrogens with zero attached hydrogens (tertiary/aromatic N) is 1. The molecule has 0 atom stereocenters. The molecule has 0 spiro atoms. The van der Waals surface area contributed by atoms with Crippen molar-refractivity contribution in [3.05, 3.63) is 24.3 Å². The second-order valence-electron chi connectivity index (χ2n) is 5.81. The predicted molar refractivity (Wildman–Crippen MR) is 102 cm³/mol. The average Bonchev–Trinajstić information content (AvgIpc) is 2.83. The summed E-state index contributed by atoms with van der Waals surface area (Å²) in [5.41, 5.74) is 0.377. The van der Waals surface area contributed by atoms with Crippen molar-refractivity contribution < 1.29 is 16.8 Å². The maximum Gasteiger partial charge on any atom is 0.243 e. The number of hydrogen-bond acceptors (Lipinski definition) is 5. The van der Waals surface area contributed by atoms with Gasteiger partial charge >= 0.3 is 0 Å². The molecule has 2 N–H and O–H groups in total. The number of nitrogens with one attached hydrogen (secondary N) is 2. The standard InChI is InChI=1S/C15H25N3O4S2.ClH/c1-2-3-13-23(19,20)17-14-5-7-15(8-6-14)24(21,22)18-11-4-9-16-10-12-18;/h5-8,16-17H,2-4,9-13H2,1H3;1H. The Morgan fingerprint density at radius 3 is 2.40 bits per heavy atom. The van der Waals surface area contributed by atoms with Gasteiger partial charge in [0.2, 0.25) is 20.0 Å². The Bertz CT molecular complexity index is 729. The molecule has 0 amide bonds. The molecule has 1 saturated heterocycles. The highest BCUT2D eigenvalue weighted by atomic mass is 35.5. The van der Waals surface area contributed by atoms with Gasteiger partial charge in [-0.05, 0) is 43.7 Å². The van der Waals surface area contributed by atoms with E-state index in [0.717, 1.165) is 19.4 Å². The van der Waals surface area contributed by atoms with E-state index in [2.05, 4.69) is 10.0 Å². The summed E-state index contributed by atoms with van der Waals surface area (Å²) in [6.45, 7) is 4.29. The van der Waals surface area contributed by atoms with E-state index >= 15 is 0 Å². The zero-order valence-electron chi connectivity index (χ0n) is 14.3. The van der Waals surface area contributed by atoms with Gasteiger partial charge in [-0.25, -0.2) is 16.8 Å². The van der Waals surface area contributed by atoms with Gasteiger partial charge in [0.05, 0.1) is 10.6 Å². The Labute approximate surface area is 156 Å². The van der Waals surface area contributed by atoms with E-state index in [1.165, 1.54) is 28.6 Å². The van der Waals surface area contributed by atoms with Gasteiger partial charge < -0.3 is 5.32 Å². The number of anilines is 1. The third-order valence-corrected chi connectivity index (χ3v) is 7.12. The number of benzene rings is 1. The van der Waals surface area contributed by atoms with E-state index < -0.39 is 20.0 Å². The third kappa shape index (κ3) is 6.41. The summed E-state index contributed by atoms with van der Waals surface area (Å²) >= 11 is 0. The van der Waals surface area contributed by atoms with E-state index in [-0.39, 0.29) is 23.1 Å². The summed E-state index contributed by atoms with van der Waals surface area (Å²) in [6.07, 6.45) is 2.15. The van der Waals surface area contributed by atoms with E-state index in [9.17, 15) is 16.8 Å². The quantitative estimate of drug-likeness (QED) is 0.711. The SMILES string of the molecule is CCCCS(=O)(=O)Nc1ccc(S(=O)(=O)N2CCCNCC2)cc1.Cl. The Hall–Kier alpha value is -0.870. The fraction of sp³-hybridized carbons (Fsp3) is 0.600. The van der Waals surface area contributed by atoms with E-state index in [0.29, 0.717) is 31.7 Å². The van der Waals surface area contributed by atoms with Gasteiger partial charge in [-0.15, -0.1) is 12.4 Å². The number of unbranched alkanes of at least 4 members (excludes halogenated alkanes) is 1. The minimum atomic E-state index is -3.54. The normalized spacial score (nSPS) is 16.7. The largest absolute Gasteiger partial charge is 0.315 e. The van der Waals surface area contributed by atoms with Crippen LogP contribution in [0.3, 0.4) is 0 Å². The average molecular weight is 412 g/mol. The van der Waals surface area contributed by atoms with Crippen molar-refractivity contribution in [2.45, 2.75) is 31.1 Å². The molecule has 0 bridgehead atoms. The van der Waals surface area contributed by atoms with Crippen LogP contribution in [0.25, 0.3) is 0 Å². The second kappa shape index (κ2) is 9.72. The van der Waals surface area contributed by atoms with E-state index in [1.54, 1.807) is 0 Å². The molecule has 7 nitrogen and oxygen atoms in total. The van der Waals surface area contributed by atoms with Crippen LogP contribution in [0.2, 0.25) is 0 Å². The summed E-state index contributed by atoms with van der Waals surface area (Å²) < 4.78 is 53.0. The Morgan fingerprint density at radius 1 is 1.08 bits per heavy atom. The maximum absolute atomic E-state index is 12.6. The molecule has 0 saturated carbocycles. The van der Waals surface area contributed by atoms with Gasteiger partial charge in [-0.2, -0.15) is 4.31 Å². The van der Waals surface area contributed by atoms with Crippen LogP contribution in [0.1, 0.15) is 26.2 Å². The molecule has 0 aromatic heterocycles. The lowest BCUT2D eigenvalue weighted by Gasteiger charge is -2.19. The van der Waals surface area contributed by atoms with Crippen molar-refractivity contribution in [3.63, 3.8) is 0 Å². The van der Waals surface area contributed by atoms with Crippen LogP contribution in [0.4, 0.5) is 5.69 Å². The van der Waals surface area contributed by atoms with Gasteiger partial charge in [0, 0.05) is 25.3 Å². The molecule has 144 valence electrons. The smallest absolute Gasteiger partial charge is 0.243 e. The molecular formula is C15H26ClN3O4S2. The first-order chi connectivity index (χ1) is 11.3. The minimum Gasteiger partial charge on any atom is -0.315 e. The number of halogens is 1. The fourth-order valence-electron chi connectivity index (χ4n) is 2.47. The summed E-state index contributed by atoms with van der Waals surface area (Å²) in [6, 6.07) is 5.88. The fourth-order valence-corrected chi connectivity index (χ4v) is 5.22. The zero-order valence-corrected chi connectivity index (χ0v) is 16.7. The molecule has 10 heteroatoms. The first-order valence-electron chi connectivity index (χ1n) is 8.16. The summed E-state index contributed by atoms with van der Waals surface area (Å²) in [7, 11) is -6.93. The molecule has 1 aliphatic rings. The van der Waals surface area contributed by atoms with Gasteiger partial charge in [-0.3, -0.25) is 4.72 Å². The summed E-state index contributed by atoms with van der Waals surface area (Å²) in [4.78, 5) is 0.181. The number of rotatable bonds is 7. The van der Waals surface area contributed by atoms with Crippen molar-refractivity contribution in [2.75, 3.05) is 36.7 Å². The van der Waals surface area contributed by atoms with Gasteiger partial charge in [0.25, 0.3) is 0 Å². The van der Waals surface area contributed by atoms with E-state index in [1.807, 2.05) is 6.92 Å². The highest BCUT2D eigenvalue weighted by Gasteiger charge is 2.25. The molecule has 1 aromatic carbocycles. The van der Waals surface area contributed by atoms with Gasteiger partial charge in [-0.1, -0.05) is 13.3 Å². The van der Waals surface area contributed by atoms with Gasteiger partial charge in [0.15, 0.2) is 0 Å². The monoisotopic (exact) mass is 411 g/mol. The van der Waals surface area contributed by atoms with Crippen molar-refractivity contribution in [1.29, 1.82) is 0 Å². The van der Waals surface area contributed by atoms with Crippen LogP contribution in [0, 0.1) is 0 Å². The topological polar surface area (TPSA) is 95.6 Å². The minimum absolute atomic E-state index is 0. The van der Waals surface area contributed by atoms with Crippen LogP contribution in [0.5, 0.6) is 0 Å². The highest BCUT2D eigenvalue weighted by molar-refractivity contribution is 7.92. The van der Waals surface area contributed by atoms with Crippen molar-refractivity contribution in [3.8, 4) is 0 Å². The summed E-state index contributed by atoms with van der Waals surface area (Å²) in [5, 5.41) is 3.17. The zero-order chi connectivity index (χ0) is 17.6. The summed E-state index contributed by atoms with van der Waals surface area (Å²) in [5.74, 6) is 0.0598. The Morgan fingerprint density at radius 2 is 1.76 bits per heavy atom. The predicted octanol–water partition coefficient (Wildman–Crippen LogP) is 1.63. The molecular weight excluding hydrogens is 386 g/mol. The molecule has 2 rings (SSSR count). The van der Waals surface area contributed by atoms with Crippen LogP contribution in [-0.4, -0.2) is 53.1 Å². The molecule has 0 unspecified atom stereocenters. The molecule has 0 radical (unpaired) electrons. The Kier molecular flexibility index (Phi) is 8.62. The lowest BCUT2D eigenvalue weighted by Crippen LogP contribution is -2.34. The van der Waals surface area contributed by atoms with Crippen LogP contribution in [-0.2, 0) is 20.0 Å². The first kappa shape index (κ1) is 22.2.